The van der Waals surface area contributed by atoms with Crippen LogP contribution in [0.5, 0.6) is 11.5 Å². The van der Waals surface area contributed by atoms with Crippen LogP contribution in [-0.2, 0) is 0 Å². The van der Waals surface area contributed by atoms with Gasteiger partial charge in [0.05, 0.1) is 0 Å². The molecule has 0 fully saturated rings. The number of oxime groups is 1. The van der Waals surface area contributed by atoms with Crippen molar-refractivity contribution in [3.63, 3.8) is 0 Å². The van der Waals surface area contributed by atoms with Gasteiger partial charge in [-0.1, -0.05) is 41.6 Å². The first kappa shape index (κ1) is 11.0. The van der Waals surface area contributed by atoms with Crippen molar-refractivity contribution < 1.29 is 15.4 Å². The fourth-order valence-corrected chi connectivity index (χ4v) is 1.59. The highest BCUT2D eigenvalue weighted by molar-refractivity contribution is 6.14. The van der Waals surface area contributed by atoms with Crippen molar-refractivity contribution in [2.75, 3.05) is 0 Å². The van der Waals surface area contributed by atoms with E-state index in [2.05, 4.69) is 5.16 Å². The maximum absolute atomic E-state index is 9.72. The van der Waals surface area contributed by atoms with E-state index in [1.54, 1.807) is 36.4 Å². The molecule has 17 heavy (non-hydrogen) atoms. The van der Waals surface area contributed by atoms with Gasteiger partial charge in [0.25, 0.3) is 0 Å². The van der Waals surface area contributed by atoms with Crippen LogP contribution in [0.3, 0.4) is 0 Å². The number of hydrogen-bond donors (Lipinski definition) is 3. The predicted molar refractivity (Wildman–Crippen MR) is 63.6 cm³/mol. The Morgan fingerprint density at radius 2 is 1.59 bits per heavy atom. The molecule has 2 rings (SSSR count). The number of aromatic hydroxyl groups is 2. The fraction of sp³-hybridized carbons (Fsp3) is 0. The van der Waals surface area contributed by atoms with Crippen molar-refractivity contribution in [3.05, 3.63) is 59.7 Å². The third-order valence-electron chi connectivity index (χ3n) is 2.42. The third-order valence-corrected chi connectivity index (χ3v) is 2.42. The summed E-state index contributed by atoms with van der Waals surface area (Å²) in [6.07, 6.45) is 0. The Morgan fingerprint density at radius 3 is 2.24 bits per heavy atom. The van der Waals surface area contributed by atoms with Crippen LogP contribution in [0.15, 0.2) is 53.7 Å². The molecule has 86 valence electrons. The van der Waals surface area contributed by atoms with Crippen molar-refractivity contribution in [2.24, 2.45) is 5.16 Å². The third kappa shape index (κ3) is 2.06. The van der Waals surface area contributed by atoms with Crippen molar-refractivity contribution in [1.29, 1.82) is 0 Å². The summed E-state index contributed by atoms with van der Waals surface area (Å²) < 4.78 is 0. The average molecular weight is 229 g/mol. The Morgan fingerprint density at radius 1 is 0.882 bits per heavy atom. The maximum atomic E-state index is 9.72. The molecule has 0 aliphatic rings. The molecule has 0 amide bonds. The SMILES string of the molecule is ON=C(c1ccccc1)c1cccc(O)c1O. The van der Waals surface area contributed by atoms with E-state index in [0.29, 0.717) is 5.56 Å². The molecule has 0 atom stereocenters. The van der Waals surface area contributed by atoms with Gasteiger partial charge in [-0.05, 0) is 12.1 Å². The average Bonchev–Trinajstić information content (AvgIpc) is 2.37. The van der Waals surface area contributed by atoms with Gasteiger partial charge in [0.1, 0.15) is 5.71 Å². The molecule has 4 heteroatoms. The molecule has 0 radical (unpaired) electrons. The lowest BCUT2D eigenvalue weighted by Gasteiger charge is -2.07. The summed E-state index contributed by atoms with van der Waals surface area (Å²) in [6, 6.07) is 13.4. The molecule has 2 aromatic rings. The molecular weight excluding hydrogens is 218 g/mol. The van der Waals surface area contributed by atoms with Gasteiger partial charge in [-0.15, -0.1) is 0 Å². The Balaban J connectivity index is 2.55. The highest BCUT2D eigenvalue weighted by Gasteiger charge is 2.14. The summed E-state index contributed by atoms with van der Waals surface area (Å²) in [5.41, 5.74) is 1.13. The van der Waals surface area contributed by atoms with E-state index >= 15 is 0 Å². The first-order chi connectivity index (χ1) is 8.24. The summed E-state index contributed by atoms with van der Waals surface area (Å²) in [6.45, 7) is 0. The summed E-state index contributed by atoms with van der Waals surface area (Å²) in [5, 5.41) is 31.3. The van der Waals surface area contributed by atoms with Gasteiger partial charge >= 0.3 is 0 Å². The Bertz CT molecular complexity index is 550. The molecule has 0 aromatic heterocycles. The number of hydrogen-bond acceptors (Lipinski definition) is 4. The summed E-state index contributed by atoms with van der Waals surface area (Å²) in [5.74, 6) is -0.552. The molecule has 0 unspecified atom stereocenters. The van der Waals surface area contributed by atoms with E-state index in [0.717, 1.165) is 0 Å². The highest BCUT2D eigenvalue weighted by atomic mass is 16.4. The van der Waals surface area contributed by atoms with Crippen LogP contribution in [0.2, 0.25) is 0 Å². The Hall–Kier alpha value is -2.49. The number of phenolic OH excluding ortho intramolecular Hbond substituents is 2. The van der Waals surface area contributed by atoms with E-state index in [9.17, 15) is 10.2 Å². The minimum Gasteiger partial charge on any atom is -0.504 e. The fourth-order valence-electron chi connectivity index (χ4n) is 1.59. The van der Waals surface area contributed by atoms with E-state index in [-0.39, 0.29) is 22.8 Å². The minimum absolute atomic E-state index is 0.207. The standard InChI is InChI=1S/C13H11NO3/c15-11-8-4-7-10(13(11)16)12(14-17)9-5-2-1-3-6-9/h1-8,15-17H. The van der Waals surface area contributed by atoms with Crippen molar-refractivity contribution >= 4 is 5.71 Å². The molecule has 2 aromatic carbocycles. The molecule has 0 bridgehead atoms. The van der Waals surface area contributed by atoms with Crippen LogP contribution in [0, 0.1) is 0 Å². The smallest absolute Gasteiger partial charge is 0.167 e. The zero-order chi connectivity index (χ0) is 12.3. The van der Waals surface area contributed by atoms with Crippen LogP contribution in [0.25, 0.3) is 0 Å². The van der Waals surface area contributed by atoms with Crippen LogP contribution >= 0.6 is 0 Å². The molecule has 0 aliphatic heterocycles. The summed E-state index contributed by atoms with van der Waals surface area (Å²) in [4.78, 5) is 0. The Labute approximate surface area is 98.1 Å². The summed E-state index contributed by atoms with van der Waals surface area (Å²) >= 11 is 0. The molecule has 4 nitrogen and oxygen atoms in total. The van der Waals surface area contributed by atoms with Gasteiger partial charge in [-0.3, -0.25) is 0 Å². The van der Waals surface area contributed by atoms with Crippen molar-refractivity contribution in [3.8, 4) is 11.5 Å². The number of rotatable bonds is 2. The monoisotopic (exact) mass is 229 g/mol. The van der Waals surface area contributed by atoms with Crippen LogP contribution in [-0.4, -0.2) is 21.1 Å². The zero-order valence-corrected chi connectivity index (χ0v) is 8.91. The molecule has 0 saturated carbocycles. The number of nitrogens with zero attached hydrogens (tertiary/aromatic N) is 1. The van der Waals surface area contributed by atoms with Crippen LogP contribution in [0.4, 0.5) is 0 Å². The maximum Gasteiger partial charge on any atom is 0.167 e. The van der Waals surface area contributed by atoms with Gasteiger partial charge in [-0.25, -0.2) is 0 Å². The topological polar surface area (TPSA) is 73.1 Å². The number of phenols is 2. The second kappa shape index (κ2) is 4.57. The second-order valence-corrected chi connectivity index (χ2v) is 3.49. The molecule has 0 aliphatic carbocycles. The Kier molecular flexibility index (Phi) is 2.96. The van der Waals surface area contributed by atoms with Crippen molar-refractivity contribution in [2.45, 2.75) is 0 Å². The minimum atomic E-state index is -0.302. The van der Waals surface area contributed by atoms with E-state index in [4.69, 9.17) is 5.21 Å². The van der Waals surface area contributed by atoms with Gasteiger partial charge < -0.3 is 15.4 Å². The molecule has 0 heterocycles. The normalized spacial score (nSPS) is 11.4. The molecular formula is C13H11NO3. The molecule has 0 spiro atoms. The lowest BCUT2D eigenvalue weighted by Crippen LogP contribution is -2.03. The van der Waals surface area contributed by atoms with E-state index in [1.165, 1.54) is 6.07 Å². The van der Waals surface area contributed by atoms with Gasteiger partial charge in [0.15, 0.2) is 11.5 Å². The summed E-state index contributed by atoms with van der Waals surface area (Å²) in [7, 11) is 0. The number of benzene rings is 2. The van der Waals surface area contributed by atoms with Gasteiger partial charge in [0, 0.05) is 11.1 Å². The van der Waals surface area contributed by atoms with E-state index < -0.39 is 0 Å². The molecule has 0 saturated heterocycles. The van der Waals surface area contributed by atoms with Crippen LogP contribution < -0.4 is 0 Å². The molecule has 3 N–H and O–H groups in total. The zero-order valence-electron chi connectivity index (χ0n) is 8.91. The van der Waals surface area contributed by atoms with Gasteiger partial charge in [0.2, 0.25) is 0 Å². The lowest BCUT2D eigenvalue weighted by molar-refractivity contribution is 0.319. The number of para-hydroxylation sites is 1. The quantitative estimate of drug-likeness (QED) is 0.320. The second-order valence-electron chi connectivity index (χ2n) is 3.49. The predicted octanol–water partition coefficient (Wildman–Crippen LogP) is 2.32. The highest BCUT2D eigenvalue weighted by Crippen LogP contribution is 2.30. The first-order valence-corrected chi connectivity index (χ1v) is 5.03. The largest absolute Gasteiger partial charge is 0.504 e. The lowest BCUT2D eigenvalue weighted by atomic mass is 10.0. The van der Waals surface area contributed by atoms with Gasteiger partial charge in [-0.2, -0.15) is 0 Å². The van der Waals surface area contributed by atoms with E-state index in [1.807, 2.05) is 6.07 Å². The first-order valence-electron chi connectivity index (χ1n) is 5.03. The van der Waals surface area contributed by atoms with Crippen LogP contribution in [0.1, 0.15) is 11.1 Å². The van der Waals surface area contributed by atoms with Crippen molar-refractivity contribution in [1.82, 2.24) is 0 Å².